The predicted molar refractivity (Wildman–Crippen MR) is 85.9 cm³/mol. The van der Waals surface area contributed by atoms with Gasteiger partial charge in [-0.25, -0.2) is 13.1 Å². The van der Waals surface area contributed by atoms with Crippen LogP contribution < -0.4 is 10.0 Å². The van der Waals surface area contributed by atoms with Crippen molar-refractivity contribution in [1.29, 1.82) is 0 Å². The zero-order valence-electron chi connectivity index (χ0n) is 12.2. The minimum atomic E-state index is -3.87. The lowest BCUT2D eigenvalue weighted by Gasteiger charge is -2.11. The summed E-state index contributed by atoms with van der Waals surface area (Å²) < 4.78 is 27.1. The quantitative estimate of drug-likeness (QED) is 0.600. The van der Waals surface area contributed by atoms with Crippen LogP contribution in [0.2, 0.25) is 0 Å². The Kier molecular flexibility index (Phi) is 6.73. The minimum Gasteiger partial charge on any atom is -0.316 e. The molecule has 22 heavy (non-hydrogen) atoms. The summed E-state index contributed by atoms with van der Waals surface area (Å²) in [5.41, 5.74) is -0.00994. The normalized spacial score (nSPS) is 18.0. The summed E-state index contributed by atoms with van der Waals surface area (Å²) >= 11 is 0. The molecule has 9 heteroatoms. The Morgan fingerprint density at radius 3 is 2.77 bits per heavy atom. The van der Waals surface area contributed by atoms with Gasteiger partial charge in [0.2, 0.25) is 10.0 Å². The van der Waals surface area contributed by atoms with Crippen LogP contribution in [0.1, 0.15) is 18.4 Å². The monoisotopic (exact) mass is 349 g/mol. The Balaban J connectivity index is 0.00000242. The van der Waals surface area contributed by atoms with Crippen molar-refractivity contribution in [1.82, 2.24) is 10.0 Å². The summed E-state index contributed by atoms with van der Waals surface area (Å²) in [5, 5.41) is 14.2. The molecule has 1 heterocycles. The minimum absolute atomic E-state index is 0. The average molecular weight is 350 g/mol. The van der Waals surface area contributed by atoms with Crippen molar-refractivity contribution in [2.24, 2.45) is 5.92 Å². The van der Waals surface area contributed by atoms with Crippen molar-refractivity contribution in [3.8, 4) is 0 Å². The number of hydrogen-bond acceptors (Lipinski definition) is 5. The van der Waals surface area contributed by atoms with Gasteiger partial charge in [0.25, 0.3) is 5.69 Å². The molecule has 124 valence electrons. The molecule has 1 atom stereocenters. The molecular formula is C13H20ClN3O4S. The molecule has 1 unspecified atom stereocenters. The molecule has 0 saturated carbocycles. The van der Waals surface area contributed by atoms with E-state index in [1.807, 2.05) is 0 Å². The maximum absolute atomic E-state index is 12.3. The van der Waals surface area contributed by atoms with Gasteiger partial charge in [0.1, 0.15) is 0 Å². The summed E-state index contributed by atoms with van der Waals surface area (Å²) in [7, 11) is -3.87. The topological polar surface area (TPSA) is 101 Å². The van der Waals surface area contributed by atoms with Gasteiger partial charge in [0.05, 0.1) is 4.92 Å². The fraction of sp³-hybridized carbons (Fsp3) is 0.538. The third-order valence-corrected chi connectivity index (χ3v) is 5.32. The summed E-state index contributed by atoms with van der Waals surface area (Å²) in [6.45, 7) is 3.70. The molecule has 1 saturated heterocycles. The standard InChI is InChI=1S/C13H19N3O4S.ClH/c1-10-3-2-4-12(16(17)18)13(10)21(19,20)15-8-6-11-5-7-14-9-11;/h2-4,11,14-15H,5-9H2,1H3;1H. The van der Waals surface area contributed by atoms with Crippen LogP contribution in [-0.4, -0.2) is 33.0 Å². The van der Waals surface area contributed by atoms with Gasteiger partial charge in [0.15, 0.2) is 4.90 Å². The van der Waals surface area contributed by atoms with Crippen LogP contribution in [-0.2, 0) is 10.0 Å². The molecule has 0 aromatic heterocycles. The number of rotatable bonds is 6. The fourth-order valence-corrected chi connectivity index (χ4v) is 4.00. The van der Waals surface area contributed by atoms with Gasteiger partial charge >= 0.3 is 0 Å². The van der Waals surface area contributed by atoms with E-state index in [9.17, 15) is 18.5 Å². The molecule has 0 aliphatic carbocycles. The maximum Gasteiger partial charge on any atom is 0.289 e. The van der Waals surface area contributed by atoms with Crippen LogP contribution >= 0.6 is 12.4 Å². The number of sulfonamides is 1. The van der Waals surface area contributed by atoms with Gasteiger partial charge in [-0.15, -0.1) is 12.4 Å². The van der Waals surface area contributed by atoms with E-state index in [-0.39, 0.29) is 23.0 Å². The predicted octanol–water partition coefficient (Wildman–Crippen LogP) is 1.60. The second-order valence-corrected chi connectivity index (χ2v) is 6.93. The van der Waals surface area contributed by atoms with E-state index < -0.39 is 14.9 Å². The first-order valence-corrected chi connectivity index (χ1v) is 8.34. The first kappa shape index (κ1) is 18.8. The molecule has 0 spiro atoms. The number of halogens is 1. The molecule has 0 radical (unpaired) electrons. The fourth-order valence-electron chi connectivity index (χ4n) is 2.56. The number of nitro benzene ring substituents is 1. The van der Waals surface area contributed by atoms with Crippen molar-refractivity contribution < 1.29 is 13.3 Å². The molecule has 1 aromatic carbocycles. The summed E-state index contributed by atoms with van der Waals surface area (Å²) in [4.78, 5) is 10.1. The van der Waals surface area contributed by atoms with E-state index >= 15 is 0 Å². The van der Waals surface area contributed by atoms with E-state index in [0.29, 0.717) is 18.0 Å². The Bertz CT molecular complexity index is 630. The van der Waals surface area contributed by atoms with Gasteiger partial charge in [-0.1, -0.05) is 12.1 Å². The van der Waals surface area contributed by atoms with Crippen molar-refractivity contribution in [2.75, 3.05) is 19.6 Å². The lowest BCUT2D eigenvalue weighted by Crippen LogP contribution is -2.28. The first-order valence-electron chi connectivity index (χ1n) is 6.86. The molecule has 0 bridgehead atoms. The van der Waals surface area contributed by atoms with Gasteiger partial charge in [0, 0.05) is 12.6 Å². The van der Waals surface area contributed by atoms with Crippen LogP contribution in [0, 0.1) is 23.0 Å². The molecule has 1 aromatic rings. The van der Waals surface area contributed by atoms with Gasteiger partial charge in [-0.05, 0) is 44.3 Å². The van der Waals surface area contributed by atoms with E-state index in [4.69, 9.17) is 0 Å². The molecule has 7 nitrogen and oxygen atoms in total. The second-order valence-electron chi connectivity index (χ2n) is 5.23. The van der Waals surface area contributed by atoms with E-state index in [1.165, 1.54) is 12.1 Å². The highest BCUT2D eigenvalue weighted by molar-refractivity contribution is 7.89. The SMILES string of the molecule is Cc1cccc([N+](=O)[O-])c1S(=O)(=O)NCCC1CCNC1.Cl. The molecule has 1 aliphatic heterocycles. The van der Waals surface area contributed by atoms with Crippen LogP contribution in [0.5, 0.6) is 0 Å². The lowest BCUT2D eigenvalue weighted by atomic mass is 10.1. The molecule has 2 rings (SSSR count). The van der Waals surface area contributed by atoms with Crippen LogP contribution in [0.4, 0.5) is 5.69 Å². The Labute approximate surface area is 136 Å². The Morgan fingerprint density at radius 1 is 1.45 bits per heavy atom. The van der Waals surface area contributed by atoms with Crippen molar-refractivity contribution in [3.63, 3.8) is 0 Å². The molecular weight excluding hydrogens is 330 g/mol. The van der Waals surface area contributed by atoms with Crippen molar-refractivity contribution in [3.05, 3.63) is 33.9 Å². The summed E-state index contributed by atoms with van der Waals surface area (Å²) in [6, 6.07) is 4.25. The van der Waals surface area contributed by atoms with E-state index in [0.717, 1.165) is 25.9 Å². The Hall–Kier alpha value is -1.22. The second kappa shape index (κ2) is 7.87. The highest BCUT2D eigenvalue weighted by Gasteiger charge is 2.27. The number of nitrogens with one attached hydrogen (secondary N) is 2. The Morgan fingerprint density at radius 2 is 2.18 bits per heavy atom. The van der Waals surface area contributed by atoms with Crippen molar-refractivity contribution in [2.45, 2.75) is 24.7 Å². The van der Waals surface area contributed by atoms with Crippen molar-refractivity contribution >= 4 is 28.1 Å². The van der Waals surface area contributed by atoms with Crippen LogP contribution in [0.25, 0.3) is 0 Å². The number of aryl methyl sites for hydroxylation is 1. The van der Waals surface area contributed by atoms with Crippen LogP contribution in [0.3, 0.4) is 0 Å². The van der Waals surface area contributed by atoms with Gasteiger partial charge in [-0.2, -0.15) is 0 Å². The smallest absolute Gasteiger partial charge is 0.289 e. The molecule has 1 aliphatic rings. The largest absolute Gasteiger partial charge is 0.316 e. The van der Waals surface area contributed by atoms with Gasteiger partial charge < -0.3 is 5.32 Å². The van der Waals surface area contributed by atoms with E-state index in [1.54, 1.807) is 13.0 Å². The summed E-state index contributed by atoms with van der Waals surface area (Å²) in [5.74, 6) is 0.458. The third kappa shape index (κ3) is 4.39. The highest BCUT2D eigenvalue weighted by atomic mass is 35.5. The number of benzene rings is 1. The van der Waals surface area contributed by atoms with Crippen LogP contribution in [0.15, 0.2) is 23.1 Å². The average Bonchev–Trinajstić information content (AvgIpc) is 2.91. The van der Waals surface area contributed by atoms with Gasteiger partial charge in [-0.3, -0.25) is 10.1 Å². The summed E-state index contributed by atoms with van der Waals surface area (Å²) in [6.07, 6.45) is 1.76. The zero-order valence-corrected chi connectivity index (χ0v) is 13.9. The first-order chi connectivity index (χ1) is 9.92. The number of nitro groups is 1. The number of nitrogens with zero attached hydrogens (tertiary/aromatic N) is 1. The molecule has 0 amide bonds. The lowest BCUT2D eigenvalue weighted by molar-refractivity contribution is -0.387. The van der Waals surface area contributed by atoms with E-state index in [2.05, 4.69) is 10.0 Å². The highest BCUT2D eigenvalue weighted by Crippen LogP contribution is 2.26. The molecule has 1 fully saturated rings. The number of hydrogen-bond donors (Lipinski definition) is 2. The molecule has 2 N–H and O–H groups in total. The maximum atomic E-state index is 12.3. The third-order valence-electron chi connectivity index (χ3n) is 3.66. The zero-order chi connectivity index (χ0) is 15.5.